The van der Waals surface area contributed by atoms with Crippen LogP contribution in [0.25, 0.3) is 0 Å². The van der Waals surface area contributed by atoms with Gasteiger partial charge < -0.3 is 5.11 Å². The Morgan fingerprint density at radius 2 is 1.48 bits per heavy atom. The molecule has 0 heterocycles. The normalized spacial score (nSPS) is 12.0. The zero-order chi connectivity index (χ0) is 15.6. The zero-order valence-electron chi connectivity index (χ0n) is 12.4. The molecule has 0 saturated carbocycles. The number of Topliss-reactive ketones (excluding diaryl/α,β-unsaturated/α-hetero) is 1. The van der Waals surface area contributed by atoms with E-state index in [-0.39, 0.29) is 5.78 Å². The first-order valence-electron chi connectivity index (χ1n) is 6.81. The molecule has 0 saturated heterocycles. The highest BCUT2D eigenvalue weighted by molar-refractivity contribution is 6.13. The number of aryl methyl sites for hydroxylation is 3. The van der Waals surface area contributed by atoms with Crippen molar-refractivity contribution in [3.05, 3.63) is 70.3 Å². The van der Waals surface area contributed by atoms with Gasteiger partial charge in [0.2, 0.25) is 0 Å². The van der Waals surface area contributed by atoms with Gasteiger partial charge in [-0.25, -0.2) is 0 Å². The van der Waals surface area contributed by atoms with Crippen molar-refractivity contribution in [1.82, 2.24) is 0 Å². The maximum absolute atomic E-state index is 12.8. The second-order valence-corrected chi connectivity index (χ2v) is 5.32. The number of ketones is 1. The van der Waals surface area contributed by atoms with Crippen LogP contribution in [0.15, 0.2) is 42.5 Å². The largest absolute Gasteiger partial charge is 0.480 e. The van der Waals surface area contributed by atoms with Crippen LogP contribution in [-0.2, 0) is 4.79 Å². The van der Waals surface area contributed by atoms with Gasteiger partial charge >= 0.3 is 5.97 Å². The molecule has 0 bridgehead atoms. The number of carbonyl (C=O) groups is 2. The molecule has 0 aliphatic rings. The van der Waals surface area contributed by atoms with Gasteiger partial charge in [-0.05, 0) is 37.5 Å². The van der Waals surface area contributed by atoms with E-state index in [2.05, 4.69) is 0 Å². The van der Waals surface area contributed by atoms with Crippen molar-refractivity contribution >= 4 is 11.8 Å². The van der Waals surface area contributed by atoms with Crippen LogP contribution in [0, 0.1) is 20.8 Å². The number of carbonyl (C=O) groups excluding carboxylic acids is 1. The second kappa shape index (κ2) is 5.92. The van der Waals surface area contributed by atoms with Gasteiger partial charge in [0.05, 0.1) is 0 Å². The van der Waals surface area contributed by atoms with E-state index in [0.717, 1.165) is 16.7 Å². The van der Waals surface area contributed by atoms with Crippen molar-refractivity contribution in [1.29, 1.82) is 0 Å². The van der Waals surface area contributed by atoms with E-state index in [1.807, 2.05) is 32.9 Å². The summed E-state index contributed by atoms with van der Waals surface area (Å²) in [6.45, 7) is 5.65. The third kappa shape index (κ3) is 3.02. The molecule has 3 nitrogen and oxygen atoms in total. The Balaban J connectivity index is 2.53. The van der Waals surface area contributed by atoms with Crippen LogP contribution in [0.1, 0.15) is 38.5 Å². The molecule has 1 unspecified atom stereocenters. The van der Waals surface area contributed by atoms with Crippen molar-refractivity contribution in [3.63, 3.8) is 0 Å². The number of aliphatic carboxylic acids is 1. The predicted molar refractivity (Wildman–Crippen MR) is 81.8 cm³/mol. The molecule has 2 aromatic carbocycles. The van der Waals surface area contributed by atoms with Crippen molar-refractivity contribution in [2.45, 2.75) is 26.7 Å². The SMILES string of the molecule is Cc1cc(C)c(C(=O)C(C(=O)O)c2ccccc2)c(C)c1. The van der Waals surface area contributed by atoms with Gasteiger partial charge in [-0.2, -0.15) is 0 Å². The lowest BCUT2D eigenvalue weighted by Gasteiger charge is -2.16. The molecule has 21 heavy (non-hydrogen) atoms. The summed E-state index contributed by atoms with van der Waals surface area (Å²) < 4.78 is 0. The monoisotopic (exact) mass is 282 g/mol. The minimum Gasteiger partial charge on any atom is -0.480 e. The fourth-order valence-corrected chi connectivity index (χ4v) is 2.76. The summed E-state index contributed by atoms with van der Waals surface area (Å²) in [5.41, 5.74) is 3.72. The predicted octanol–water partition coefficient (Wildman–Crippen LogP) is 3.66. The number of carboxylic acid groups (broad SMARTS) is 1. The molecule has 0 aromatic heterocycles. The van der Waals surface area contributed by atoms with Crippen molar-refractivity contribution in [2.24, 2.45) is 0 Å². The zero-order valence-corrected chi connectivity index (χ0v) is 12.4. The molecule has 0 radical (unpaired) electrons. The van der Waals surface area contributed by atoms with E-state index < -0.39 is 11.9 Å². The summed E-state index contributed by atoms with van der Waals surface area (Å²) in [6.07, 6.45) is 0. The van der Waals surface area contributed by atoms with Gasteiger partial charge in [-0.1, -0.05) is 48.0 Å². The molecule has 2 aromatic rings. The molecule has 0 aliphatic heterocycles. The first-order chi connectivity index (χ1) is 9.91. The van der Waals surface area contributed by atoms with Crippen LogP contribution in [0.2, 0.25) is 0 Å². The molecular formula is C18H18O3. The van der Waals surface area contributed by atoms with Gasteiger partial charge in [0, 0.05) is 5.56 Å². The fraction of sp³-hybridized carbons (Fsp3) is 0.222. The molecule has 0 amide bonds. The van der Waals surface area contributed by atoms with E-state index in [1.54, 1.807) is 30.3 Å². The highest BCUT2D eigenvalue weighted by Crippen LogP contribution is 2.26. The van der Waals surface area contributed by atoms with E-state index in [0.29, 0.717) is 11.1 Å². The van der Waals surface area contributed by atoms with Crippen LogP contribution in [0.5, 0.6) is 0 Å². The second-order valence-electron chi connectivity index (χ2n) is 5.32. The number of carboxylic acids is 1. The lowest BCUT2D eigenvalue weighted by molar-refractivity contribution is -0.137. The summed E-state index contributed by atoms with van der Waals surface area (Å²) in [7, 11) is 0. The third-order valence-corrected chi connectivity index (χ3v) is 3.57. The lowest BCUT2D eigenvalue weighted by atomic mass is 9.86. The van der Waals surface area contributed by atoms with Crippen molar-refractivity contribution in [3.8, 4) is 0 Å². The summed E-state index contributed by atoms with van der Waals surface area (Å²) in [5.74, 6) is -2.64. The van der Waals surface area contributed by atoms with Crippen LogP contribution in [-0.4, -0.2) is 16.9 Å². The Labute approximate surface area is 124 Å². The number of benzene rings is 2. The van der Waals surface area contributed by atoms with Crippen LogP contribution in [0.4, 0.5) is 0 Å². The Bertz CT molecular complexity index is 664. The summed E-state index contributed by atoms with van der Waals surface area (Å²) in [5, 5.41) is 9.47. The Kier molecular flexibility index (Phi) is 4.22. The number of hydrogen-bond donors (Lipinski definition) is 1. The highest BCUT2D eigenvalue weighted by Gasteiger charge is 2.30. The van der Waals surface area contributed by atoms with E-state index in [1.165, 1.54) is 0 Å². The third-order valence-electron chi connectivity index (χ3n) is 3.57. The maximum Gasteiger partial charge on any atom is 0.318 e. The molecule has 0 fully saturated rings. The fourth-order valence-electron chi connectivity index (χ4n) is 2.76. The van der Waals surface area contributed by atoms with Crippen LogP contribution in [0.3, 0.4) is 0 Å². The van der Waals surface area contributed by atoms with Gasteiger partial charge in [-0.15, -0.1) is 0 Å². The summed E-state index contributed by atoms with van der Waals surface area (Å²) in [6, 6.07) is 12.5. The number of rotatable bonds is 4. The molecule has 1 atom stereocenters. The Morgan fingerprint density at radius 1 is 0.952 bits per heavy atom. The summed E-state index contributed by atoms with van der Waals surface area (Å²) in [4.78, 5) is 24.3. The smallest absolute Gasteiger partial charge is 0.318 e. The molecule has 1 N–H and O–H groups in total. The topological polar surface area (TPSA) is 54.4 Å². The minimum absolute atomic E-state index is 0.358. The highest BCUT2D eigenvalue weighted by atomic mass is 16.4. The quantitative estimate of drug-likeness (QED) is 0.687. The standard InChI is InChI=1S/C18H18O3/c1-11-9-12(2)15(13(3)10-11)17(19)16(18(20)21)14-7-5-4-6-8-14/h4-10,16H,1-3H3,(H,20,21). The Hall–Kier alpha value is -2.42. The lowest BCUT2D eigenvalue weighted by Crippen LogP contribution is -2.23. The number of hydrogen-bond acceptors (Lipinski definition) is 2. The van der Waals surface area contributed by atoms with E-state index in [9.17, 15) is 14.7 Å². The molecule has 2 rings (SSSR count). The van der Waals surface area contributed by atoms with Gasteiger partial charge in [0.25, 0.3) is 0 Å². The molecule has 0 spiro atoms. The molecule has 3 heteroatoms. The van der Waals surface area contributed by atoms with Gasteiger partial charge in [0.1, 0.15) is 5.92 Å². The first-order valence-corrected chi connectivity index (χ1v) is 6.81. The van der Waals surface area contributed by atoms with E-state index in [4.69, 9.17) is 0 Å². The summed E-state index contributed by atoms with van der Waals surface area (Å²) >= 11 is 0. The maximum atomic E-state index is 12.8. The van der Waals surface area contributed by atoms with Gasteiger partial charge in [0.15, 0.2) is 5.78 Å². The minimum atomic E-state index is -1.16. The molecule has 108 valence electrons. The van der Waals surface area contributed by atoms with Crippen LogP contribution >= 0.6 is 0 Å². The van der Waals surface area contributed by atoms with Gasteiger partial charge in [-0.3, -0.25) is 9.59 Å². The molecule has 0 aliphatic carbocycles. The average Bonchev–Trinajstić information content (AvgIpc) is 2.38. The van der Waals surface area contributed by atoms with Crippen molar-refractivity contribution < 1.29 is 14.7 Å². The van der Waals surface area contributed by atoms with Crippen molar-refractivity contribution in [2.75, 3.05) is 0 Å². The Morgan fingerprint density at radius 3 is 1.95 bits per heavy atom. The molecular weight excluding hydrogens is 264 g/mol. The van der Waals surface area contributed by atoms with Crippen LogP contribution < -0.4 is 0 Å². The first kappa shape index (κ1) is 15.0. The average molecular weight is 282 g/mol. The van der Waals surface area contributed by atoms with E-state index >= 15 is 0 Å².